The molecule has 1 saturated heterocycles. The van der Waals surface area contributed by atoms with Crippen LogP contribution in [0.15, 0.2) is 23.4 Å². The second-order valence-corrected chi connectivity index (χ2v) is 11.1. The zero-order chi connectivity index (χ0) is 23.1. The number of aromatic nitrogens is 3. The number of nitrogens with zero attached hydrogens (tertiary/aromatic N) is 3. The largest absolute Gasteiger partial charge is 0.387 e. The average molecular weight is 455 g/mol. The van der Waals surface area contributed by atoms with Crippen LogP contribution in [-0.2, 0) is 11.3 Å². The van der Waals surface area contributed by atoms with Gasteiger partial charge in [0.1, 0.15) is 5.65 Å². The van der Waals surface area contributed by atoms with Crippen LogP contribution >= 0.6 is 0 Å². The molecule has 5 rings (SSSR count). The first-order valence-electron chi connectivity index (χ1n) is 12.9. The number of H-pyrrole nitrogens is 1. The van der Waals surface area contributed by atoms with Crippen molar-refractivity contribution in [3.63, 3.8) is 0 Å². The number of carbonyl (C=O) groups excluding carboxylic acids is 1. The number of piperidine rings is 1. The van der Waals surface area contributed by atoms with Crippen LogP contribution in [0, 0.1) is 17.3 Å². The van der Waals surface area contributed by atoms with Gasteiger partial charge >= 0.3 is 0 Å². The molecule has 1 spiro atoms. The molecular weight excluding hydrogens is 416 g/mol. The number of aliphatic hydroxyl groups is 1. The smallest absolute Gasteiger partial charge is 0.262 e. The number of carbonyl (C=O) groups is 1. The van der Waals surface area contributed by atoms with E-state index in [9.17, 15) is 14.7 Å². The standard InChI is InChI=1S/C26H38N4O3/c1-19(15-20-7-3-2-4-8-20)23(31)29-14-12-26(33,25(16-29)10-5-6-11-25)17-30-18-28-22-21(24(30)32)9-13-27-22/h9,13,18-20,27,33H,2-8,10-12,14-17H2,1H3. The molecule has 3 aliphatic rings. The highest BCUT2D eigenvalue weighted by molar-refractivity contribution is 5.78. The molecule has 2 aliphatic carbocycles. The molecule has 33 heavy (non-hydrogen) atoms. The number of nitrogens with one attached hydrogen (secondary N) is 1. The van der Waals surface area contributed by atoms with Gasteiger partial charge in [-0.15, -0.1) is 0 Å². The molecule has 180 valence electrons. The van der Waals surface area contributed by atoms with E-state index >= 15 is 0 Å². The Balaban J connectivity index is 1.33. The molecule has 2 saturated carbocycles. The number of hydrogen-bond acceptors (Lipinski definition) is 4. The molecule has 7 heteroatoms. The molecular formula is C26H38N4O3. The van der Waals surface area contributed by atoms with Crippen molar-refractivity contribution < 1.29 is 9.90 Å². The molecule has 3 fully saturated rings. The zero-order valence-electron chi connectivity index (χ0n) is 19.9. The van der Waals surface area contributed by atoms with Crippen molar-refractivity contribution in [2.24, 2.45) is 17.3 Å². The van der Waals surface area contributed by atoms with E-state index in [0.717, 1.165) is 32.1 Å². The van der Waals surface area contributed by atoms with Crippen molar-refractivity contribution in [3.05, 3.63) is 28.9 Å². The van der Waals surface area contributed by atoms with Gasteiger partial charge < -0.3 is 15.0 Å². The van der Waals surface area contributed by atoms with Crippen LogP contribution in [0.2, 0.25) is 0 Å². The van der Waals surface area contributed by atoms with Gasteiger partial charge in [0.15, 0.2) is 0 Å². The predicted octanol–water partition coefficient (Wildman–Crippen LogP) is 3.85. The number of fused-ring (bicyclic) bond motifs is 1. The topological polar surface area (TPSA) is 91.2 Å². The maximum Gasteiger partial charge on any atom is 0.262 e. The molecule has 1 aliphatic heterocycles. The minimum Gasteiger partial charge on any atom is -0.387 e. The quantitative estimate of drug-likeness (QED) is 0.718. The Labute approximate surface area is 195 Å². The SMILES string of the molecule is CC(CC1CCCCC1)C(=O)N1CCC(O)(Cn2cnc3[nH]ccc3c2=O)C2(CCCC2)C1. The molecule has 0 aromatic carbocycles. The Bertz CT molecular complexity index is 1050. The summed E-state index contributed by atoms with van der Waals surface area (Å²) in [6.45, 7) is 3.49. The third kappa shape index (κ3) is 4.13. The molecule has 2 unspecified atom stereocenters. The van der Waals surface area contributed by atoms with E-state index in [1.165, 1.54) is 32.1 Å². The van der Waals surface area contributed by atoms with Crippen molar-refractivity contribution >= 4 is 16.9 Å². The molecule has 2 N–H and O–H groups in total. The van der Waals surface area contributed by atoms with Crippen LogP contribution < -0.4 is 5.56 Å². The third-order valence-corrected chi connectivity index (χ3v) is 8.96. The van der Waals surface area contributed by atoms with Crippen molar-refractivity contribution in [3.8, 4) is 0 Å². The van der Waals surface area contributed by atoms with E-state index in [1.807, 2.05) is 4.90 Å². The second kappa shape index (κ2) is 8.90. The minimum atomic E-state index is -1.01. The lowest BCUT2D eigenvalue weighted by atomic mass is 9.65. The number of rotatable bonds is 5. The monoisotopic (exact) mass is 454 g/mol. The van der Waals surface area contributed by atoms with Gasteiger partial charge in [0.2, 0.25) is 5.91 Å². The summed E-state index contributed by atoms with van der Waals surface area (Å²) in [4.78, 5) is 35.8. The molecule has 7 nitrogen and oxygen atoms in total. The maximum atomic E-state index is 13.4. The minimum absolute atomic E-state index is 0.0422. The number of likely N-dealkylation sites (tertiary alicyclic amines) is 1. The zero-order valence-corrected chi connectivity index (χ0v) is 19.9. The van der Waals surface area contributed by atoms with E-state index in [1.54, 1.807) is 23.2 Å². The average Bonchev–Trinajstić information content (AvgIpc) is 3.49. The molecule has 0 radical (unpaired) electrons. The first-order valence-corrected chi connectivity index (χ1v) is 12.9. The highest BCUT2D eigenvalue weighted by atomic mass is 16.3. The van der Waals surface area contributed by atoms with Crippen LogP contribution in [0.1, 0.15) is 77.6 Å². The molecule has 0 bridgehead atoms. The third-order valence-electron chi connectivity index (χ3n) is 8.96. The summed E-state index contributed by atoms with van der Waals surface area (Å²) in [5.41, 5.74) is -0.908. The fraction of sp³-hybridized carbons (Fsp3) is 0.731. The Hall–Kier alpha value is -2.15. The Kier molecular flexibility index (Phi) is 6.10. The summed E-state index contributed by atoms with van der Waals surface area (Å²) in [7, 11) is 0. The second-order valence-electron chi connectivity index (χ2n) is 11.1. The van der Waals surface area contributed by atoms with Gasteiger partial charge in [0, 0.05) is 30.6 Å². The summed E-state index contributed by atoms with van der Waals surface area (Å²) in [5, 5.41) is 12.5. The van der Waals surface area contributed by atoms with Crippen molar-refractivity contribution in [1.82, 2.24) is 19.4 Å². The van der Waals surface area contributed by atoms with E-state index in [0.29, 0.717) is 36.5 Å². The molecule has 2 aromatic rings. The lowest BCUT2D eigenvalue weighted by molar-refractivity contribution is -0.163. The number of aromatic amines is 1. The van der Waals surface area contributed by atoms with E-state index in [-0.39, 0.29) is 29.3 Å². The summed E-state index contributed by atoms with van der Waals surface area (Å²) < 4.78 is 1.57. The highest BCUT2D eigenvalue weighted by Gasteiger charge is 2.55. The van der Waals surface area contributed by atoms with Gasteiger partial charge in [-0.3, -0.25) is 14.2 Å². The van der Waals surface area contributed by atoms with Gasteiger partial charge in [-0.25, -0.2) is 4.98 Å². The van der Waals surface area contributed by atoms with Gasteiger partial charge in [-0.05, 0) is 37.7 Å². The first-order chi connectivity index (χ1) is 15.9. The van der Waals surface area contributed by atoms with Crippen molar-refractivity contribution in [2.75, 3.05) is 13.1 Å². The normalized spacial score (nSPS) is 26.8. The van der Waals surface area contributed by atoms with Crippen LogP contribution in [0.5, 0.6) is 0 Å². The fourth-order valence-corrected chi connectivity index (χ4v) is 6.99. The molecule has 2 aromatic heterocycles. The summed E-state index contributed by atoms with van der Waals surface area (Å²) in [6.07, 6.45) is 15.1. The summed E-state index contributed by atoms with van der Waals surface area (Å²) in [6, 6.07) is 1.74. The van der Waals surface area contributed by atoms with E-state index in [2.05, 4.69) is 16.9 Å². The lowest BCUT2D eigenvalue weighted by Crippen LogP contribution is -2.62. The van der Waals surface area contributed by atoms with E-state index < -0.39 is 5.60 Å². The van der Waals surface area contributed by atoms with Gasteiger partial charge in [0.25, 0.3) is 5.56 Å². The van der Waals surface area contributed by atoms with Gasteiger partial charge in [0.05, 0.1) is 23.9 Å². The highest BCUT2D eigenvalue weighted by Crippen LogP contribution is 2.51. The molecule has 2 atom stereocenters. The Morgan fingerprint density at radius 3 is 2.73 bits per heavy atom. The number of amides is 1. The van der Waals surface area contributed by atoms with Gasteiger partial charge in [-0.2, -0.15) is 0 Å². The van der Waals surface area contributed by atoms with Crippen LogP contribution in [-0.4, -0.2) is 49.1 Å². The van der Waals surface area contributed by atoms with Crippen molar-refractivity contribution in [2.45, 2.75) is 89.7 Å². The van der Waals surface area contributed by atoms with Crippen LogP contribution in [0.25, 0.3) is 11.0 Å². The van der Waals surface area contributed by atoms with E-state index in [4.69, 9.17) is 0 Å². The van der Waals surface area contributed by atoms with Gasteiger partial charge in [-0.1, -0.05) is 51.9 Å². The Morgan fingerprint density at radius 1 is 1.21 bits per heavy atom. The lowest BCUT2D eigenvalue weighted by Gasteiger charge is -2.52. The fourth-order valence-electron chi connectivity index (χ4n) is 6.99. The Morgan fingerprint density at radius 2 is 1.97 bits per heavy atom. The number of hydrogen-bond donors (Lipinski definition) is 2. The summed E-state index contributed by atoms with van der Waals surface area (Å²) >= 11 is 0. The maximum absolute atomic E-state index is 13.4. The predicted molar refractivity (Wildman–Crippen MR) is 128 cm³/mol. The molecule has 3 heterocycles. The summed E-state index contributed by atoms with van der Waals surface area (Å²) in [5.74, 6) is 0.977. The van der Waals surface area contributed by atoms with Crippen molar-refractivity contribution in [1.29, 1.82) is 0 Å². The molecule has 1 amide bonds. The van der Waals surface area contributed by atoms with Crippen LogP contribution in [0.3, 0.4) is 0 Å². The van der Waals surface area contributed by atoms with Crippen LogP contribution in [0.4, 0.5) is 0 Å². The first kappa shape index (κ1) is 22.6.